The first-order valence-electron chi connectivity index (χ1n) is 7.16. The van der Waals surface area contributed by atoms with Gasteiger partial charge in [0, 0.05) is 24.2 Å². The molecule has 0 radical (unpaired) electrons. The van der Waals surface area contributed by atoms with Crippen LogP contribution >= 0.6 is 0 Å². The topological polar surface area (TPSA) is 15.6 Å². The second kappa shape index (κ2) is 8.73. The molecule has 1 atom stereocenters. The Hall–Kier alpha value is -1.31. The van der Waals surface area contributed by atoms with E-state index in [1.54, 1.807) is 0 Å². The Balaban J connectivity index is 5.56. The molecule has 0 amide bonds. The van der Waals surface area contributed by atoms with Crippen molar-refractivity contribution in [1.82, 2.24) is 4.90 Å². The molecule has 0 fully saturated rings. The van der Waals surface area contributed by atoms with Gasteiger partial charge in [-0.1, -0.05) is 38.7 Å². The van der Waals surface area contributed by atoms with Gasteiger partial charge in [-0.25, -0.2) is 4.99 Å². The van der Waals surface area contributed by atoms with Crippen LogP contribution in [0.3, 0.4) is 0 Å². The second-order valence-corrected chi connectivity index (χ2v) is 5.16. The fourth-order valence-corrected chi connectivity index (χ4v) is 2.23. The van der Waals surface area contributed by atoms with E-state index in [0.29, 0.717) is 6.04 Å². The normalized spacial score (nSPS) is 13.3. The molecule has 0 saturated heterocycles. The molecule has 19 heavy (non-hydrogen) atoms. The Morgan fingerprint density at radius 3 is 2.05 bits per heavy atom. The predicted octanol–water partition coefficient (Wildman–Crippen LogP) is 4.95. The van der Waals surface area contributed by atoms with E-state index in [2.05, 4.69) is 57.3 Å². The Morgan fingerprint density at radius 2 is 1.74 bits per heavy atom. The van der Waals surface area contributed by atoms with E-state index in [4.69, 9.17) is 0 Å². The maximum Gasteiger partial charge on any atom is 0.109 e. The van der Waals surface area contributed by atoms with Crippen molar-refractivity contribution in [2.24, 2.45) is 4.99 Å². The smallest absolute Gasteiger partial charge is 0.109 e. The fraction of sp³-hybridized carbons (Fsp3) is 0.588. The van der Waals surface area contributed by atoms with Gasteiger partial charge in [-0.15, -0.1) is 6.58 Å². The molecule has 0 aliphatic rings. The van der Waals surface area contributed by atoms with Crippen LogP contribution in [0.25, 0.3) is 0 Å². The molecule has 0 aromatic rings. The maximum atomic E-state index is 4.62. The van der Waals surface area contributed by atoms with Crippen molar-refractivity contribution in [3.05, 3.63) is 37.1 Å². The summed E-state index contributed by atoms with van der Waals surface area (Å²) in [6, 6.07) is 0.757. The van der Waals surface area contributed by atoms with Crippen molar-refractivity contribution in [2.45, 2.75) is 66.0 Å². The minimum Gasteiger partial charge on any atom is -0.350 e. The summed E-state index contributed by atoms with van der Waals surface area (Å²) in [5, 5.41) is 0. The van der Waals surface area contributed by atoms with Gasteiger partial charge in [-0.2, -0.15) is 0 Å². The summed E-state index contributed by atoms with van der Waals surface area (Å²) in [6.07, 6.45) is 4.87. The lowest BCUT2D eigenvalue weighted by Crippen LogP contribution is -2.46. The van der Waals surface area contributed by atoms with Crippen LogP contribution in [0.5, 0.6) is 0 Å². The van der Waals surface area contributed by atoms with Crippen molar-refractivity contribution < 1.29 is 0 Å². The minimum absolute atomic E-state index is 0.281. The highest BCUT2D eigenvalue weighted by Crippen LogP contribution is 2.20. The summed E-state index contributed by atoms with van der Waals surface area (Å²) in [5.41, 5.74) is 1.99. The van der Waals surface area contributed by atoms with Crippen molar-refractivity contribution in [3.63, 3.8) is 0 Å². The molecule has 0 aromatic heterocycles. The van der Waals surface area contributed by atoms with Gasteiger partial charge in [0.25, 0.3) is 0 Å². The lowest BCUT2D eigenvalue weighted by atomic mass is 10.0. The van der Waals surface area contributed by atoms with Gasteiger partial charge < -0.3 is 4.90 Å². The molecule has 0 spiro atoms. The van der Waals surface area contributed by atoms with E-state index in [1.807, 2.05) is 13.0 Å². The van der Waals surface area contributed by atoms with E-state index in [9.17, 15) is 0 Å². The molecule has 0 aliphatic heterocycles. The van der Waals surface area contributed by atoms with Crippen molar-refractivity contribution in [2.75, 3.05) is 0 Å². The van der Waals surface area contributed by atoms with Crippen molar-refractivity contribution in [3.8, 4) is 0 Å². The van der Waals surface area contributed by atoms with Crippen LogP contribution in [0, 0.1) is 0 Å². The van der Waals surface area contributed by atoms with E-state index in [0.717, 1.165) is 36.4 Å². The Bertz CT molecular complexity index is 348. The molecule has 2 nitrogen and oxygen atoms in total. The Morgan fingerprint density at radius 1 is 1.21 bits per heavy atom. The van der Waals surface area contributed by atoms with Crippen LogP contribution < -0.4 is 0 Å². The van der Waals surface area contributed by atoms with Crippen molar-refractivity contribution >= 4 is 5.84 Å². The molecule has 0 aliphatic carbocycles. The standard InChI is InChI=1S/C17H30N2/c1-9-12-17(18-14(6)7)19(15(8)13(4)5)16(10-2)11-3/h9,15-16H,1,4,6,10-12H2,2-3,5,7-8H3. The van der Waals surface area contributed by atoms with Gasteiger partial charge in [0.2, 0.25) is 0 Å². The summed E-state index contributed by atoms with van der Waals surface area (Å²) < 4.78 is 0. The number of allylic oxidation sites excluding steroid dienone is 1. The van der Waals surface area contributed by atoms with E-state index >= 15 is 0 Å². The van der Waals surface area contributed by atoms with Gasteiger partial charge in [-0.3, -0.25) is 0 Å². The molecule has 2 heteroatoms. The third kappa shape index (κ3) is 5.46. The number of rotatable bonds is 8. The molecule has 0 saturated carbocycles. The second-order valence-electron chi connectivity index (χ2n) is 5.16. The summed E-state index contributed by atoms with van der Waals surface area (Å²) in [6.45, 7) is 22.5. The zero-order chi connectivity index (χ0) is 15.0. The molecule has 0 N–H and O–H groups in total. The van der Waals surface area contributed by atoms with Gasteiger partial charge in [0.15, 0.2) is 0 Å². The molecular formula is C17H30N2. The quantitative estimate of drug-likeness (QED) is 0.343. The number of aliphatic imine (C=N–C) groups is 1. The summed E-state index contributed by atoms with van der Waals surface area (Å²) in [5.74, 6) is 1.05. The third-order valence-electron chi connectivity index (χ3n) is 3.41. The highest BCUT2D eigenvalue weighted by Gasteiger charge is 2.24. The zero-order valence-corrected chi connectivity index (χ0v) is 13.4. The lowest BCUT2D eigenvalue weighted by molar-refractivity contribution is 0.254. The fourth-order valence-electron chi connectivity index (χ4n) is 2.23. The first-order valence-corrected chi connectivity index (χ1v) is 7.16. The monoisotopic (exact) mass is 262 g/mol. The van der Waals surface area contributed by atoms with Crippen LogP contribution in [0.15, 0.2) is 42.1 Å². The maximum absolute atomic E-state index is 4.62. The van der Waals surface area contributed by atoms with E-state index < -0.39 is 0 Å². The minimum atomic E-state index is 0.281. The highest BCUT2D eigenvalue weighted by molar-refractivity contribution is 5.85. The molecule has 0 rings (SSSR count). The molecule has 0 aromatic carbocycles. The van der Waals surface area contributed by atoms with Crippen LogP contribution in [0.4, 0.5) is 0 Å². The summed E-state index contributed by atoms with van der Waals surface area (Å²) in [7, 11) is 0. The molecule has 108 valence electrons. The Labute approximate surface area is 119 Å². The van der Waals surface area contributed by atoms with Gasteiger partial charge in [0.1, 0.15) is 5.84 Å². The average molecular weight is 262 g/mol. The van der Waals surface area contributed by atoms with Gasteiger partial charge in [-0.05, 0) is 33.6 Å². The lowest BCUT2D eigenvalue weighted by Gasteiger charge is -2.39. The number of hydrogen-bond acceptors (Lipinski definition) is 1. The number of nitrogens with zero attached hydrogens (tertiary/aromatic N) is 2. The molecule has 0 heterocycles. The average Bonchev–Trinajstić information content (AvgIpc) is 2.33. The van der Waals surface area contributed by atoms with Gasteiger partial charge >= 0.3 is 0 Å². The number of hydrogen-bond donors (Lipinski definition) is 0. The number of amidine groups is 1. The van der Waals surface area contributed by atoms with Crippen LogP contribution in [0.1, 0.15) is 53.9 Å². The first-order chi connectivity index (χ1) is 8.88. The SMILES string of the molecule is C=CCC(=NC(=C)C)N(C(CC)CC)C(C)C(=C)C. The Kier molecular flexibility index (Phi) is 8.13. The summed E-state index contributed by atoms with van der Waals surface area (Å²) >= 11 is 0. The van der Waals surface area contributed by atoms with Gasteiger partial charge in [0.05, 0.1) is 0 Å². The first kappa shape index (κ1) is 17.7. The largest absolute Gasteiger partial charge is 0.350 e. The molecular weight excluding hydrogens is 232 g/mol. The molecule has 1 unspecified atom stereocenters. The van der Waals surface area contributed by atoms with Crippen LogP contribution in [0.2, 0.25) is 0 Å². The molecule has 0 bridgehead atoms. The van der Waals surface area contributed by atoms with Crippen LogP contribution in [-0.2, 0) is 0 Å². The van der Waals surface area contributed by atoms with Crippen LogP contribution in [-0.4, -0.2) is 22.8 Å². The highest BCUT2D eigenvalue weighted by atomic mass is 15.2. The van der Waals surface area contributed by atoms with E-state index in [-0.39, 0.29) is 6.04 Å². The van der Waals surface area contributed by atoms with Crippen molar-refractivity contribution in [1.29, 1.82) is 0 Å². The predicted molar refractivity (Wildman–Crippen MR) is 87.5 cm³/mol. The summed E-state index contributed by atoms with van der Waals surface area (Å²) in [4.78, 5) is 7.01. The zero-order valence-electron chi connectivity index (χ0n) is 13.4. The third-order valence-corrected chi connectivity index (χ3v) is 3.41. The van der Waals surface area contributed by atoms with E-state index in [1.165, 1.54) is 0 Å².